The number of benzene rings is 1. The van der Waals surface area contributed by atoms with E-state index in [1.807, 2.05) is 13.1 Å². The minimum Gasteiger partial charge on any atom is -0.369 e. The topological polar surface area (TPSA) is 56.7 Å². The molecule has 0 saturated heterocycles. The van der Waals surface area contributed by atoms with Crippen LogP contribution >= 0.6 is 22.9 Å². The molecule has 0 aliphatic rings. The summed E-state index contributed by atoms with van der Waals surface area (Å²) in [5.41, 5.74) is 7.20. The van der Waals surface area contributed by atoms with E-state index in [0.29, 0.717) is 17.0 Å². The van der Waals surface area contributed by atoms with Crippen LogP contribution in [0.4, 0.5) is 10.3 Å². The molecule has 0 aliphatic carbocycles. The minimum atomic E-state index is -0.481. The van der Waals surface area contributed by atoms with Crippen LogP contribution in [0.3, 0.4) is 0 Å². The maximum Gasteiger partial charge on any atom is 0.201 e. The van der Waals surface area contributed by atoms with Gasteiger partial charge < -0.3 is 10.3 Å². The summed E-state index contributed by atoms with van der Waals surface area (Å²) >= 11 is 7.42. The van der Waals surface area contributed by atoms with Gasteiger partial charge in [-0.3, -0.25) is 0 Å². The molecule has 0 bridgehead atoms. The zero-order valence-corrected chi connectivity index (χ0v) is 13.2. The first-order valence-corrected chi connectivity index (χ1v) is 7.77. The number of hydrogen-bond donors (Lipinski definition) is 1. The molecule has 2 aromatic heterocycles. The van der Waals surface area contributed by atoms with Crippen LogP contribution in [0.15, 0.2) is 18.3 Å². The Morgan fingerprint density at radius 1 is 1.48 bits per heavy atom. The second kappa shape index (κ2) is 5.27. The highest BCUT2D eigenvalue weighted by Gasteiger charge is 2.19. The SMILES string of the molecule is CCc1cnc(C(C)n2c(N)nc3cc(Cl)c(F)cc32)s1. The molecule has 1 aromatic carbocycles. The summed E-state index contributed by atoms with van der Waals surface area (Å²) in [6, 6.07) is 2.75. The number of aryl methyl sites for hydroxylation is 1. The van der Waals surface area contributed by atoms with Crippen LogP contribution in [-0.2, 0) is 6.42 Å². The Hall–Kier alpha value is -1.66. The number of imidazole rings is 1. The van der Waals surface area contributed by atoms with Crippen molar-refractivity contribution in [1.29, 1.82) is 0 Å². The van der Waals surface area contributed by atoms with E-state index in [4.69, 9.17) is 17.3 Å². The molecule has 0 aliphatic heterocycles. The summed E-state index contributed by atoms with van der Waals surface area (Å²) < 4.78 is 15.5. The smallest absolute Gasteiger partial charge is 0.201 e. The summed E-state index contributed by atoms with van der Waals surface area (Å²) in [5.74, 6) is -0.154. The summed E-state index contributed by atoms with van der Waals surface area (Å²) in [6.07, 6.45) is 2.80. The lowest BCUT2D eigenvalue weighted by Crippen LogP contribution is -2.09. The first-order chi connectivity index (χ1) is 10.0. The van der Waals surface area contributed by atoms with E-state index >= 15 is 0 Å². The lowest BCUT2D eigenvalue weighted by atomic mass is 10.2. The average Bonchev–Trinajstić information content (AvgIpc) is 3.03. The Morgan fingerprint density at radius 2 is 2.24 bits per heavy atom. The number of nitrogen functional groups attached to an aromatic ring is 1. The van der Waals surface area contributed by atoms with Crippen molar-refractivity contribution >= 4 is 39.9 Å². The van der Waals surface area contributed by atoms with Crippen LogP contribution in [0, 0.1) is 5.82 Å². The van der Waals surface area contributed by atoms with Crippen LogP contribution in [0.1, 0.15) is 29.8 Å². The summed E-state index contributed by atoms with van der Waals surface area (Å²) in [6.45, 7) is 4.06. The zero-order valence-electron chi connectivity index (χ0n) is 11.6. The molecule has 4 nitrogen and oxygen atoms in total. The van der Waals surface area contributed by atoms with Gasteiger partial charge in [-0.1, -0.05) is 18.5 Å². The molecule has 1 unspecified atom stereocenters. The molecule has 1 atom stereocenters. The van der Waals surface area contributed by atoms with Crippen LogP contribution in [-0.4, -0.2) is 14.5 Å². The molecule has 21 heavy (non-hydrogen) atoms. The van der Waals surface area contributed by atoms with Crippen molar-refractivity contribution < 1.29 is 4.39 Å². The van der Waals surface area contributed by atoms with Gasteiger partial charge in [-0.25, -0.2) is 14.4 Å². The Kier molecular flexibility index (Phi) is 3.59. The standard InChI is InChI=1S/C14H14ClFN4S/c1-3-8-6-18-13(21-8)7(2)20-12-5-10(16)9(15)4-11(12)19-14(20)17/h4-7H,3H2,1-2H3,(H2,17,19). The first-order valence-electron chi connectivity index (χ1n) is 6.58. The normalized spacial score (nSPS) is 13.0. The molecule has 0 saturated carbocycles. The molecule has 3 aromatic rings. The van der Waals surface area contributed by atoms with E-state index in [9.17, 15) is 4.39 Å². The van der Waals surface area contributed by atoms with Crippen molar-refractivity contribution in [2.24, 2.45) is 0 Å². The molecule has 0 spiro atoms. The molecule has 0 fully saturated rings. The number of anilines is 1. The lowest BCUT2D eigenvalue weighted by Gasteiger charge is -2.13. The van der Waals surface area contributed by atoms with Crippen LogP contribution < -0.4 is 5.73 Å². The van der Waals surface area contributed by atoms with Gasteiger partial charge in [-0.15, -0.1) is 11.3 Å². The molecule has 0 radical (unpaired) electrons. The van der Waals surface area contributed by atoms with Gasteiger partial charge in [-0.05, 0) is 19.4 Å². The first kappa shape index (κ1) is 14.3. The number of fused-ring (bicyclic) bond motifs is 1. The second-order valence-corrected chi connectivity index (χ2v) is 6.34. The van der Waals surface area contributed by atoms with Gasteiger partial charge in [0.15, 0.2) is 0 Å². The van der Waals surface area contributed by atoms with E-state index < -0.39 is 5.82 Å². The highest BCUT2D eigenvalue weighted by molar-refractivity contribution is 7.11. The molecule has 0 amide bonds. The molecular formula is C14H14ClFN4S. The number of nitrogens with two attached hydrogens (primary N) is 1. The van der Waals surface area contributed by atoms with Crippen molar-refractivity contribution in [2.75, 3.05) is 5.73 Å². The summed E-state index contributed by atoms with van der Waals surface area (Å²) in [7, 11) is 0. The van der Waals surface area contributed by atoms with Crippen molar-refractivity contribution in [3.63, 3.8) is 0 Å². The third-order valence-corrected chi connectivity index (χ3v) is 5.03. The van der Waals surface area contributed by atoms with E-state index in [0.717, 1.165) is 11.4 Å². The highest BCUT2D eigenvalue weighted by Crippen LogP contribution is 2.31. The van der Waals surface area contributed by atoms with Gasteiger partial charge in [0.05, 0.1) is 22.1 Å². The van der Waals surface area contributed by atoms with Crippen molar-refractivity contribution in [3.8, 4) is 0 Å². The van der Waals surface area contributed by atoms with Crippen LogP contribution in [0.2, 0.25) is 5.02 Å². The van der Waals surface area contributed by atoms with Crippen molar-refractivity contribution in [1.82, 2.24) is 14.5 Å². The number of hydrogen-bond acceptors (Lipinski definition) is 4. The van der Waals surface area contributed by atoms with Crippen molar-refractivity contribution in [3.05, 3.63) is 39.1 Å². The van der Waals surface area contributed by atoms with E-state index in [2.05, 4.69) is 16.9 Å². The number of thiazole rings is 1. The molecule has 2 heterocycles. The lowest BCUT2D eigenvalue weighted by molar-refractivity contribution is 0.625. The third kappa shape index (κ3) is 2.38. The Morgan fingerprint density at radius 3 is 2.90 bits per heavy atom. The Labute approximate surface area is 130 Å². The van der Waals surface area contributed by atoms with Gasteiger partial charge in [-0.2, -0.15) is 0 Å². The Balaban J connectivity index is 2.14. The second-order valence-electron chi connectivity index (χ2n) is 4.79. The Bertz CT molecular complexity index is 811. The van der Waals surface area contributed by atoms with Gasteiger partial charge in [0, 0.05) is 17.1 Å². The maximum absolute atomic E-state index is 13.7. The monoisotopic (exact) mass is 324 g/mol. The van der Waals surface area contributed by atoms with E-state index in [-0.39, 0.29) is 11.1 Å². The van der Waals surface area contributed by atoms with Crippen molar-refractivity contribution in [2.45, 2.75) is 26.3 Å². The van der Waals surface area contributed by atoms with E-state index in [1.54, 1.807) is 15.9 Å². The number of nitrogens with zero attached hydrogens (tertiary/aromatic N) is 3. The summed E-state index contributed by atoms with van der Waals surface area (Å²) in [5, 5.41) is 0.968. The van der Waals surface area contributed by atoms with Crippen LogP contribution in [0.5, 0.6) is 0 Å². The number of aromatic nitrogens is 3. The fourth-order valence-corrected chi connectivity index (χ4v) is 3.36. The average molecular weight is 325 g/mol. The van der Waals surface area contributed by atoms with E-state index in [1.165, 1.54) is 17.0 Å². The minimum absolute atomic E-state index is 0.0438. The van der Waals surface area contributed by atoms with Gasteiger partial charge in [0.25, 0.3) is 0 Å². The third-order valence-electron chi connectivity index (χ3n) is 3.42. The zero-order chi connectivity index (χ0) is 15.1. The van der Waals surface area contributed by atoms with Gasteiger partial charge >= 0.3 is 0 Å². The molecule has 110 valence electrons. The number of rotatable bonds is 3. The molecule has 7 heteroatoms. The molecule has 3 rings (SSSR count). The fourth-order valence-electron chi connectivity index (χ4n) is 2.31. The molecular weight excluding hydrogens is 311 g/mol. The predicted octanol–water partition coefficient (Wildman–Crippen LogP) is 4.04. The van der Waals surface area contributed by atoms with Gasteiger partial charge in [0.2, 0.25) is 5.95 Å². The summed E-state index contributed by atoms with van der Waals surface area (Å²) in [4.78, 5) is 9.88. The van der Waals surface area contributed by atoms with Gasteiger partial charge in [0.1, 0.15) is 10.8 Å². The highest BCUT2D eigenvalue weighted by atomic mass is 35.5. The van der Waals surface area contributed by atoms with Crippen LogP contribution in [0.25, 0.3) is 11.0 Å². The molecule has 2 N–H and O–H groups in total. The predicted molar refractivity (Wildman–Crippen MR) is 84.4 cm³/mol. The maximum atomic E-state index is 13.7. The fraction of sp³-hybridized carbons (Fsp3) is 0.286. The quantitative estimate of drug-likeness (QED) is 0.791. The number of halogens is 2. The largest absolute Gasteiger partial charge is 0.369 e.